The van der Waals surface area contributed by atoms with E-state index in [1.165, 1.54) is 0 Å². The maximum atomic E-state index is 12.6. The molecule has 1 rings (SSSR count). The van der Waals surface area contributed by atoms with Crippen molar-refractivity contribution in [1.82, 2.24) is 4.72 Å². The fraction of sp³-hybridized carbons (Fsp3) is 0.400. The number of nitrogens with zero attached hydrogens (tertiary/aromatic N) is 1. The van der Waals surface area contributed by atoms with Gasteiger partial charge in [-0.25, -0.2) is 9.00 Å². The van der Waals surface area contributed by atoms with Crippen LogP contribution in [0.2, 0.25) is 0 Å². The number of aliphatic carboxylic acids is 1. The van der Waals surface area contributed by atoms with Crippen molar-refractivity contribution in [1.29, 1.82) is 0 Å². The van der Waals surface area contributed by atoms with Gasteiger partial charge in [0.1, 0.15) is 16.0 Å². The second-order valence-corrected chi connectivity index (χ2v) is 7.35. The predicted molar refractivity (Wildman–Crippen MR) is 90.8 cm³/mol. The molecule has 138 valence electrons. The van der Waals surface area contributed by atoms with Gasteiger partial charge in [-0.3, -0.25) is 14.3 Å². The number of rotatable bonds is 7. The zero-order chi connectivity index (χ0) is 19.0. The first-order chi connectivity index (χ1) is 11.6. The second kappa shape index (κ2) is 9.14. The SMILES string of the molecule is CC(=O)NS(=O)(C[C@@H](N)CC(=O)O)=NC(=O)O[C@@H](C)c1ccccc1. The molecular weight excluding hydrogens is 350 g/mol. The summed E-state index contributed by atoms with van der Waals surface area (Å²) in [7, 11) is -3.60. The van der Waals surface area contributed by atoms with E-state index in [-0.39, 0.29) is 0 Å². The van der Waals surface area contributed by atoms with E-state index >= 15 is 0 Å². The lowest BCUT2D eigenvalue weighted by atomic mass is 10.1. The molecule has 1 aromatic carbocycles. The van der Waals surface area contributed by atoms with Gasteiger partial charge in [-0.2, -0.15) is 0 Å². The molecule has 0 aliphatic heterocycles. The van der Waals surface area contributed by atoms with E-state index in [1.54, 1.807) is 37.3 Å². The van der Waals surface area contributed by atoms with Gasteiger partial charge in [-0.15, -0.1) is 4.36 Å². The normalized spacial score (nSPS) is 15.3. The van der Waals surface area contributed by atoms with Crippen molar-refractivity contribution < 1.29 is 28.4 Å². The summed E-state index contributed by atoms with van der Waals surface area (Å²) >= 11 is 0. The molecule has 10 heteroatoms. The van der Waals surface area contributed by atoms with Gasteiger partial charge in [0, 0.05) is 13.0 Å². The minimum absolute atomic E-state index is 0.485. The number of benzene rings is 1. The molecule has 0 heterocycles. The molecule has 9 nitrogen and oxygen atoms in total. The van der Waals surface area contributed by atoms with Crippen LogP contribution >= 0.6 is 0 Å². The number of nitrogens with one attached hydrogen (secondary N) is 1. The Morgan fingerprint density at radius 3 is 2.44 bits per heavy atom. The first kappa shape index (κ1) is 20.6. The highest BCUT2D eigenvalue weighted by Gasteiger charge is 2.21. The van der Waals surface area contributed by atoms with Crippen molar-refractivity contribution in [3.05, 3.63) is 35.9 Å². The Labute approximate surface area is 145 Å². The van der Waals surface area contributed by atoms with E-state index in [4.69, 9.17) is 15.6 Å². The van der Waals surface area contributed by atoms with Crippen molar-refractivity contribution in [2.45, 2.75) is 32.4 Å². The summed E-state index contributed by atoms with van der Waals surface area (Å²) in [4.78, 5) is 33.8. The fourth-order valence-corrected chi connectivity index (χ4v) is 3.62. The van der Waals surface area contributed by atoms with Gasteiger partial charge in [0.05, 0.1) is 12.2 Å². The number of carbonyl (C=O) groups is 3. The molecule has 0 spiro atoms. The third-order valence-corrected chi connectivity index (χ3v) is 4.88. The molecule has 0 bridgehead atoms. The molecule has 0 saturated heterocycles. The summed E-state index contributed by atoms with van der Waals surface area (Å²) in [6, 6.07) is 7.76. The van der Waals surface area contributed by atoms with E-state index in [1.807, 2.05) is 0 Å². The van der Waals surface area contributed by atoms with Crippen molar-refractivity contribution in [2.24, 2.45) is 10.1 Å². The molecule has 1 aromatic rings. The summed E-state index contributed by atoms with van der Waals surface area (Å²) in [5.41, 5.74) is 6.29. The Hall–Kier alpha value is -2.46. The zero-order valence-corrected chi connectivity index (χ0v) is 14.7. The lowest BCUT2D eigenvalue weighted by Crippen LogP contribution is -2.40. The Balaban J connectivity index is 2.93. The molecule has 0 aliphatic rings. The zero-order valence-electron chi connectivity index (χ0n) is 13.9. The van der Waals surface area contributed by atoms with E-state index < -0.39 is 52.2 Å². The Kier molecular flexibility index (Phi) is 7.52. The van der Waals surface area contributed by atoms with Crippen LogP contribution in [0.1, 0.15) is 31.9 Å². The number of carboxylic acids is 1. The topological polar surface area (TPSA) is 148 Å². The number of hydrogen-bond acceptors (Lipinski definition) is 6. The predicted octanol–water partition coefficient (Wildman–Crippen LogP) is 1.21. The number of ether oxygens (including phenoxy) is 1. The first-order valence-corrected chi connectivity index (χ1v) is 9.06. The molecule has 0 aromatic heterocycles. The smallest absolute Gasteiger partial charge is 0.443 e. The third kappa shape index (κ3) is 7.77. The molecule has 2 amide bonds. The van der Waals surface area contributed by atoms with Crippen LogP contribution in [0.3, 0.4) is 0 Å². The molecule has 1 unspecified atom stereocenters. The number of carbonyl (C=O) groups excluding carboxylic acids is 2. The first-order valence-electron chi connectivity index (χ1n) is 7.37. The van der Waals surface area contributed by atoms with Crippen LogP contribution in [0.15, 0.2) is 34.7 Å². The van der Waals surface area contributed by atoms with Crippen molar-refractivity contribution in [3.8, 4) is 0 Å². The summed E-state index contributed by atoms with van der Waals surface area (Å²) in [5.74, 6) is -2.38. The summed E-state index contributed by atoms with van der Waals surface area (Å²) in [6.07, 6.45) is -2.27. The molecule has 0 radical (unpaired) electrons. The van der Waals surface area contributed by atoms with Gasteiger partial charge >= 0.3 is 12.1 Å². The minimum atomic E-state index is -3.60. The van der Waals surface area contributed by atoms with Crippen LogP contribution in [0.4, 0.5) is 4.79 Å². The summed E-state index contributed by atoms with van der Waals surface area (Å²) in [6.45, 7) is 2.70. The average molecular weight is 371 g/mol. The Bertz CT molecular complexity index is 743. The highest BCUT2D eigenvalue weighted by molar-refractivity contribution is 7.92. The third-order valence-electron chi connectivity index (χ3n) is 2.95. The van der Waals surface area contributed by atoms with Crippen LogP contribution in [-0.4, -0.2) is 39.1 Å². The highest BCUT2D eigenvalue weighted by Crippen LogP contribution is 2.17. The van der Waals surface area contributed by atoms with Crippen LogP contribution in [0, 0.1) is 0 Å². The number of carboxylic acid groups (broad SMARTS) is 1. The van der Waals surface area contributed by atoms with Gasteiger partial charge in [0.25, 0.3) is 0 Å². The largest absolute Gasteiger partial charge is 0.481 e. The number of hydrogen-bond donors (Lipinski definition) is 3. The summed E-state index contributed by atoms with van der Waals surface area (Å²) in [5, 5.41) is 8.71. The van der Waals surface area contributed by atoms with E-state index in [0.717, 1.165) is 6.92 Å². The Morgan fingerprint density at radius 2 is 1.92 bits per heavy atom. The van der Waals surface area contributed by atoms with Gasteiger partial charge < -0.3 is 15.6 Å². The summed E-state index contributed by atoms with van der Waals surface area (Å²) < 4.78 is 23.2. The van der Waals surface area contributed by atoms with Crippen LogP contribution in [-0.2, 0) is 24.2 Å². The molecule has 4 N–H and O–H groups in total. The lowest BCUT2D eigenvalue weighted by Gasteiger charge is -2.15. The molecule has 0 saturated carbocycles. The van der Waals surface area contributed by atoms with Gasteiger partial charge in [-0.05, 0) is 12.5 Å². The van der Waals surface area contributed by atoms with Crippen LogP contribution < -0.4 is 10.5 Å². The molecular formula is C15H21N3O6S. The van der Waals surface area contributed by atoms with E-state index in [2.05, 4.69) is 9.08 Å². The number of amides is 2. The minimum Gasteiger partial charge on any atom is -0.481 e. The Morgan fingerprint density at radius 1 is 1.32 bits per heavy atom. The maximum Gasteiger partial charge on any atom is 0.443 e. The highest BCUT2D eigenvalue weighted by atomic mass is 32.2. The quantitative estimate of drug-likeness (QED) is 0.652. The van der Waals surface area contributed by atoms with Crippen molar-refractivity contribution >= 4 is 27.9 Å². The van der Waals surface area contributed by atoms with Gasteiger partial charge in [-0.1, -0.05) is 30.3 Å². The van der Waals surface area contributed by atoms with Gasteiger partial charge in [0.15, 0.2) is 0 Å². The van der Waals surface area contributed by atoms with Crippen molar-refractivity contribution in [3.63, 3.8) is 0 Å². The standard InChI is InChI=1S/C15H21N3O6S/c1-10(12-6-4-3-5-7-12)24-15(22)18-25(23,17-11(2)19)9-13(16)8-14(20)21/h3-7,10,13H,8-9,16H2,1-2H3,(H,20,21)(H,17,18,19,22,23)/t10-,13-,25?/m0/s1. The lowest BCUT2D eigenvalue weighted by molar-refractivity contribution is -0.137. The van der Waals surface area contributed by atoms with Crippen LogP contribution in [0.5, 0.6) is 0 Å². The monoisotopic (exact) mass is 371 g/mol. The van der Waals surface area contributed by atoms with Crippen molar-refractivity contribution in [2.75, 3.05) is 5.75 Å². The molecule has 25 heavy (non-hydrogen) atoms. The van der Waals surface area contributed by atoms with Gasteiger partial charge in [0.2, 0.25) is 5.91 Å². The average Bonchev–Trinajstić information content (AvgIpc) is 2.45. The van der Waals surface area contributed by atoms with Crippen LogP contribution in [0.25, 0.3) is 0 Å². The second-order valence-electron chi connectivity index (χ2n) is 5.35. The molecule has 3 atom stereocenters. The van der Waals surface area contributed by atoms with E-state index in [9.17, 15) is 18.6 Å². The molecule has 0 fully saturated rings. The maximum absolute atomic E-state index is 12.6. The number of nitrogens with two attached hydrogens (primary N) is 1. The fourth-order valence-electron chi connectivity index (χ4n) is 1.98. The van der Waals surface area contributed by atoms with E-state index in [0.29, 0.717) is 5.56 Å². The molecule has 0 aliphatic carbocycles.